The van der Waals surface area contributed by atoms with E-state index in [1.807, 2.05) is 0 Å². The first-order valence-electron chi connectivity index (χ1n) is 5.13. The lowest BCUT2D eigenvalue weighted by molar-refractivity contribution is 0.0925. The summed E-state index contributed by atoms with van der Waals surface area (Å²) in [7, 11) is 0. The van der Waals surface area contributed by atoms with Crippen molar-refractivity contribution in [1.29, 1.82) is 0 Å². The first kappa shape index (κ1) is 10.3. The minimum atomic E-state index is -0.485. The second kappa shape index (κ2) is 4.53. The van der Waals surface area contributed by atoms with Crippen LogP contribution in [0.25, 0.3) is 0 Å². The quantitative estimate of drug-likeness (QED) is 0.690. The molecule has 2 rings (SSSR count). The summed E-state index contributed by atoms with van der Waals surface area (Å²) in [4.78, 5) is 9.61. The number of aromatic nitrogens is 2. The highest BCUT2D eigenvalue weighted by molar-refractivity contribution is 5.38. The van der Waals surface area contributed by atoms with E-state index in [9.17, 15) is 4.39 Å². The molecule has 0 spiro atoms. The van der Waals surface area contributed by atoms with Crippen molar-refractivity contribution in [3.05, 3.63) is 18.3 Å². The SMILES string of the molecule is CCC1COCCN1c1cc(F)ncn1. The maximum atomic E-state index is 12.9. The summed E-state index contributed by atoms with van der Waals surface area (Å²) in [6, 6.07) is 1.65. The van der Waals surface area contributed by atoms with Gasteiger partial charge in [0.1, 0.15) is 12.1 Å². The van der Waals surface area contributed by atoms with Gasteiger partial charge < -0.3 is 9.64 Å². The first-order valence-corrected chi connectivity index (χ1v) is 5.13. The number of hydrogen-bond acceptors (Lipinski definition) is 4. The molecule has 1 atom stereocenters. The van der Waals surface area contributed by atoms with E-state index in [1.165, 1.54) is 12.4 Å². The Morgan fingerprint density at radius 3 is 3.20 bits per heavy atom. The van der Waals surface area contributed by atoms with Gasteiger partial charge in [0.05, 0.1) is 19.3 Å². The van der Waals surface area contributed by atoms with Gasteiger partial charge in [-0.1, -0.05) is 6.92 Å². The van der Waals surface area contributed by atoms with E-state index < -0.39 is 5.95 Å². The zero-order chi connectivity index (χ0) is 10.7. The Kier molecular flexibility index (Phi) is 3.11. The highest BCUT2D eigenvalue weighted by Crippen LogP contribution is 2.18. The fraction of sp³-hybridized carbons (Fsp3) is 0.600. The molecule has 0 aromatic carbocycles. The van der Waals surface area contributed by atoms with Gasteiger partial charge >= 0.3 is 0 Å². The third kappa shape index (κ3) is 2.23. The van der Waals surface area contributed by atoms with Crippen LogP contribution < -0.4 is 4.90 Å². The van der Waals surface area contributed by atoms with Crippen LogP contribution in [0.4, 0.5) is 10.2 Å². The van der Waals surface area contributed by atoms with Crippen molar-refractivity contribution < 1.29 is 9.13 Å². The zero-order valence-electron chi connectivity index (χ0n) is 8.69. The largest absolute Gasteiger partial charge is 0.377 e. The normalized spacial score (nSPS) is 21.7. The second-order valence-electron chi connectivity index (χ2n) is 3.53. The Labute approximate surface area is 88.1 Å². The maximum Gasteiger partial charge on any atom is 0.218 e. The lowest BCUT2D eigenvalue weighted by atomic mass is 10.2. The summed E-state index contributed by atoms with van der Waals surface area (Å²) in [5.41, 5.74) is 0. The van der Waals surface area contributed by atoms with Crippen LogP contribution in [0.15, 0.2) is 12.4 Å². The van der Waals surface area contributed by atoms with Crippen LogP contribution >= 0.6 is 0 Å². The van der Waals surface area contributed by atoms with E-state index in [-0.39, 0.29) is 6.04 Å². The molecular weight excluding hydrogens is 197 g/mol. The Balaban J connectivity index is 2.20. The molecule has 1 fully saturated rings. The molecule has 0 aliphatic carbocycles. The highest BCUT2D eigenvalue weighted by Gasteiger charge is 2.22. The minimum Gasteiger partial charge on any atom is -0.377 e. The number of morpholine rings is 1. The van der Waals surface area contributed by atoms with Gasteiger partial charge in [-0.2, -0.15) is 4.39 Å². The number of ether oxygens (including phenoxy) is 1. The second-order valence-corrected chi connectivity index (χ2v) is 3.53. The topological polar surface area (TPSA) is 38.2 Å². The molecule has 0 amide bonds. The summed E-state index contributed by atoms with van der Waals surface area (Å²) in [5, 5.41) is 0. The molecule has 4 nitrogen and oxygen atoms in total. The summed E-state index contributed by atoms with van der Waals surface area (Å²) < 4.78 is 18.3. The fourth-order valence-electron chi connectivity index (χ4n) is 1.78. The smallest absolute Gasteiger partial charge is 0.218 e. The average Bonchev–Trinajstić information content (AvgIpc) is 2.29. The predicted molar refractivity (Wildman–Crippen MR) is 54.2 cm³/mol. The van der Waals surface area contributed by atoms with Gasteiger partial charge in [-0.05, 0) is 6.42 Å². The minimum absolute atomic E-state index is 0.285. The molecule has 5 heteroatoms. The third-order valence-electron chi connectivity index (χ3n) is 2.61. The van der Waals surface area contributed by atoms with Crippen LogP contribution in [0.2, 0.25) is 0 Å². The summed E-state index contributed by atoms with van der Waals surface area (Å²) in [6.07, 6.45) is 2.22. The van der Waals surface area contributed by atoms with Gasteiger partial charge in [-0.15, -0.1) is 0 Å². The Hall–Kier alpha value is -1.23. The zero-order valence-corrected chi connectivity index (χ0v) is 8.69. The molecule has 1 saturated heterocycles. The van der Waals surface area contributed by atoms with E-state index in [0.717, 1.165) is 13.0 Å². The van der Waals surface area contributed by atoms with Crippen LogP contribution in [0.1, 0.15) is 13.3 Å². The van der Waals surface area contributed by atoms with Crippen molar-refractivity contribution in [3.63, 3.8) is 0 Å². The summed E-state index contributed by atoms with van der Waals surface area (Å²) >= 11 is 0. The lowest BCUT2D eigenvalue weighted by Crippen LogP contribution is -2.45. The van der Waals surface area contributed by atoms with Gasteiger partial charge in [0, 0.05) is 12.6 Å². The molecule has 1 aliphatic heterocycles. The monoisotopic (exact) mass is 211 g/mol. The Morgan fingerprint density at radius 1 is 1.60 bits per heavy atom. The summed E-state index contributed by atoms with van der Waals surface area (Å²) in [6.45, 7) is 4.20. The average molecular weight is 211 g/mol. The van der Waals surface area contributed by atoms with Crippen LogP contribution in [0.5, 0.6) is 0 Å². The van der Waals surface area contributed by atoms with Gasteiger partial charge in [0.25, 0.3) is 0 Å². The van der Waals surface area contributed by atoms with E-state index in [4.69, 9.17) is 4.74 Å². The van der Waals surface area contributed by atoms with Gasteiger partial charge in [0.2, 0.25) is 5.95 Å². The molecule has 2 heterocycles. The molecule has 1 aromatic heterocycles. The van der Waals surface area contributed by atoms with Crippen molar-refractivity contribution in [1.82, 2.24) is 9.97 Å². The number of hydrogen-bond donors (Lipinski definition) is 0. The lowest BCUT2D eigenvalue weighted by Gasteiger charge is -2.35. The van der Waals surface area contributed by atoms with E-state index >= 15 is 0 Å². The maximum absolute atomic E-state index is 12.9. The van der Waals surface area contributed by atoms with Crippen LogP contribution in [0, 0.1) is 5.95 Å². The third-order valence-corrected chi connectivity index (χ3v) is 2.61. The molecule has 0 radical (unpaired) electrons. The molecule has 1 aromatic rings. The molecule has 0 N–H and O–H groups in total. The van der Waals surface area contributed by atoms with Gasteiger partial charge in [0.15, 0.2) is 0 Å². The molecule has 82 valence electrons. The van der Waals surface area contributed by atoms with Crippen molar-refractivity contribution in [2.24, 2.45) is 0 Å². The number of rotatable bonds is 2. The van der Waals surface area contributed by atoms with Crippen molar-refractivity contribution in [2.75, 3.05) is 24.7 Å². The Morgan fingerprint density at radius 2 is 2.47 bits per heavy atom. The predicted octanol–water partition coefficient (Wildman–Crippen LogP) is 1.23. The van der Waals surface area contributed by atoms with Gasteiger partial charge in [-0.25, -0.2) is 9.97 Å². The first-order chi connectivity index (χ1) is 7.31. The van der Waals surface area contributed by atoms with Gasteiger partial charge in [-0.3, -0.25) is 0 Å². The summed E-state index contributed by atoms with van der Waals surface area (Å²) in [5.74, 6) is 0.166. The number of nitrogens with zero attached hydrogens (tertiary/aromatic N) is 3. The fourth-order valence-corrected chi connectivity index (χ4v) is 1.78. The number of anilines is 1. The van der Waals surface area contributed by atoms with E-state index in [0.29, 0.717) is 19.0 Å². The van der Waals surface area contributed by atoms with Crippen LogP contribution in [-0.4, -0.2) is 35.8 Å². The molecule has 1 aliphatic rings. The molecule has 0 bridgehead atoms. The Bertz CT molecular complexity index is 334. The standard InChI is InChI=1S/C10H14FN3O/c1-2-8-6-15-4-3-14(8)10-5-9(11)12-7-13-10/h5,7-8H,2-4,6H2,1H3. The van der Waals surface area contributed by atoms with Crippen LogP contribution in [-0.2, 0) is 4.74 Å². The van der Waals surface area contributed by atoms with Crippen molar-refractivity contribution in [2.45, 2.75) is 19.4 Å². The van der Waals surface area contributed by atoms with Crippen molar-refractivity contribution in [3.8, 4) is 0 Å². The molecule has 1 unspecified atom stereocenters. The molecule has 0 saturated carbocycles. The molecular formula is C10H14FN3O. The highest BCUT2D eigenvalue weighted by atomic mass is 19.1. The molecule has 15 heavy (non-hydrogen) atoms. The van der Waals surface area contributed by atoms with Crippen LogP contribution in [0.3, 0.4) is 0 Å². The number of halogens is 1. The van der Waals surface area contributed by atoms with E-state index in [1.54, 1.807) is 0 Å². The van der Waals surface area contributed by atoms with Crippen molar-refractivity contribution >= 4 is 5.82 Å². The van der Waals surface area contributed by atoms with E-state index in [2.05, 4.69) is 21.8 Å².